The predicted octanol–water partition coefficient (Wildman–Crippen LogP) is 4.20. The monoisotopic (exact) mass is 447 g/mol. The first-order valence-electron chi connectivity index (χ1n) is 11.0. The van der Waals surface area contributed by atoms with Crippen molar-refractivity contribution in [3.63, 3.8) is 0 Å². The van der Waals surface area contributed by atoms with Crippen LogP contribution in [0, 0.1) is 12.7 Å². The van der Waals surface area contributed by atoms with E-state index in [-0.39, 0.29) is 30.6 Å². The van der Waals surface area contributed by atoms with Gasteiger partial charge in [0.2, 0.25) is 5.91 Å². The number of carbonyl (C=O) groups is 2. The van der Waals surface area contributed by atoms with Crippen molar-refractivity contribution >= 4 is 17.5 Å². The molecule has 5 nitrogen and oxygen atoms in total. The van der Waals surface area contributed by atoms with Crippen molar-refractivity contribution in [2.75, 3.05) is 32.1 Å². The highest BCUT2D eigenvalue weighted by molar-refractivity contribution is 6.07. The number of benzene rings is 3. The van der Waals surface area contributed by atoms with Crippen molar-refractivity contribution in [3.05, 3.63) is 101 Å². The number of nitrogens with zero attached hydrogens (tertiary/aromatic N) is 2. The van der Waals surface area contributed by atoms with Gasteiger partial charge in [0.1, 0.15) is 5.82 Å². The first-order chi connectivity index (χ1) is 15.8. The number of halogens is 1. The minimum Gasteiger partial charge on any atom is -0.355 e. The van der Waals surface area contributed by atoms with Crippen LogP contribution in [0.15, 0.2) is 72.8 Å². The summed E-state index contributed by atoms with van der Waals surface area (Å²) in [4.78, 5) is 29.3. The van der Waals surface area contributed by atoms with E-state index in [1.165, 1.54) is 12.1 Å². The first kappa shape index (κ1) is 24.1. The van der Waals surface area contributed by atoms with Crippen LogP contribution >= 0.6 is 0 Å². The largest absolute Gasteiger partial charge is 0.355 e. The summed E-state index contributed by atoms with van der Waals surface area (Å²) in [6, 6.07) is 21.0. The number of anilines is 1. The Morgan fingerprint density at radius 3 is 2.30 bits per heavy atom. The number of nitrogens with one attached hydrogen (secondary N) is 1. The lowest BCUT2D eigenvalue weighted by Crippen LogP contribution is -2.32. The van der Waals surface area contributed by atoms with E-state index < -0.39 is 0 Å². The fourth-order valence-corrected chi connectivity index (χ4v) is 3.52. The average Bonchev–Trinajstić information content (AvgIpc) is 2.78. The summed E-state index contributed by atoms with van der Waals surface area (Å²) in [5.41, 5.74) is 3.71. The standard InChI is InChI=1S/C27H30FN3O2/c1-20-7-4-5-10-25(20)27(33)31(19-22-8-6-9-23(28)17-22)24-13-11-21(12-14-24)18-26(32)29-15-16-30(2)3/h4-14,17H,15-16,18-19H2,1-3H3,(H,29,32). The average molecular weight is 448 g/mol. The highest BCUT2D eigenvalue weighted by Gasteiger charge is 2.20. The van der Waals surface area contributed by atoms with Gasteiger partial charge >= 0.3 is 0 Å². The van der Waals surface area contributed by atoms with E-state index in [4.69, 9.17) is 0 Å². The van der Waals surface area contributed by atoms with Gasteiger partial charge in [-0.05, 0) is 68.0 Å². The lowest BCUT2D eigenvalue weighted by Gasteiger charge is -2.24. The van der Waals surface area contributed by atoms with Gasteiger partial charge in [0, 0.05) is 24.3 Å². The first-order valence-corrected chi connectivity index (χ1v) is 11.0. The number of rotatable bonds is 9. The Labute approximate surface area is 194 Å². The molecule has 3 aromatic rings. The molecule has 172 valence electrons. The summed E-state index contributed by atoms with van der Waals surface area (Å²) in [7, 11) is 3.91. The van der Waals surface area contributed by atoms with Crippen molar-refractivity contribution in [1.82, 2.24) is 10.2 Å². The highest BCUT2D eigenvalue weighted by atomic mass is 19.1. The fourth-order valence-electron chi connectivity index (χ4n) is 3.52. The van der Waals surface area contributed by atoms with E-state index in [1.807, 2.05) is 68.4 Å². The second-order valence-corrected chi connectivity index (χ2v) is 8.33. The molecule has 0 atom stereocenters. The van der Waals surface area contributed by atoms with Gasteiger partial charge in [0.25, 0.3) is 5.91 Å². The third kappa shape index (κ3) is 6.99. The van der Waals surface area contributed by atoms with Crippen LogP contribution < -0.4 is 10.2 Å². The van der Waals surface area contributed by atoms with Crippen LogP contribution in [-0.4, -0.2) is 43.9 Å². The van der Waals surface area contributed by atoms with E-state index in [9.17, 15) is 14.0 Å². The minimum absolute atomic E-state index is 0.0443. The lowest BCUT2D eigenvalue weighted by atomic mass is 10.1. The van der Waals surface area contributed by atoms with Crippen LogP contribution in [0.2, 0.25) is 0 Å². The summed E-state index contributed by atoms with van der Waals surface area (Å²) in [6.07, 6.45) is 0.267. The van der Waals surface area contributed by atoms with E-state index >= 15 is 0 Å². The molecule has 0 bridgehead atoms. The number of amides is 2. The van der Waals surface area contributed by atoms with E-state index in [2.05, 4.69) is 5.32 Å². The molecule has 0 heterocycles. The summed E-state index contributed by atoms with van der Waals surface area (Å²) in [6.45, 7) is 3.50. The van der Waals surface area contributed by atoms with Gasteiger partial charge in [0.05, 0.1) is 13.0 Å². The summed E-state index contributed by atoms with van der Waals surface area (Å²) in [5, 5.41) is 2.90. The normalized spacial score (nSPS) is 10.8. The maximum Gasteiger partial charge on any atom is 0.258 e. The molecule has 0 radical (unpaired) electrons. The molecular formula is C27H30FN3O2. The second-order valence-electron chi connectivity index (χ2n) is 8.33. The molecule has 0 unspecified atom stereocenters. The molecule has 0 saturated carbocycles. The predicted molar refractivity (Wildman–Crippen MR) is 130 cm³/mol. The summed E-state index contributed by atoms with van der Waals surface area (Å²) >= 11 is 0. The number of likely N-dealkylation sites (N-methyl/N-ethyl adjacent to an activating group) is 1. The van der Waals surface area contributed by atoms with E-state index in [1.54, 1.807) is 23.1 Å². The smallest absolute Gasteiger partial charge is 0.258 e. The van der Waals surface area contributed by atoms with Gasteiger partial charge in [-0.25, -0.2) is 4.39 Å². The van der Waals surface area contributed by atoms with Crippen LogP contribution in [0.25, 0.3) is 0 Å². The van der Waals surface area contributed by atoms with Gasteiger partial charge in [-0.2, -0.15) is 0 Å². The Morgan fingerprint density at radius 1 is 0.909 bits per heavy atom. The Bertz CT molecular complexity index is 1100. The quantitative estimate of drug-likeness (QED) is 0.535. The molecular weight excluding hydrogens is 417 g/mol. The van der Waals surface area contributed by atoms with Crippen molar-refractivity contribution in [1.29, 1.82) is 0 Å². The van der Waals surface area contributed by atoms with Gasteiger partial charge in [-0.15, -0.1) is 0 Å². The van der Waals surface area contributed by atoms with Gasteiger partial charge in [-0.1, -0.05) is 42.5 Å². The molecule has 0 spiro atoms. The fraction of sp³-hybridized carbons (Fsp3) is 0.259. The molecule has 0 aliphatic rings. The Kier molecular flexibility index (Phi) is 8.33. The molecule has 0 aliphatic carbocycles. The Hall–Kier alpha value is -3.51. The van der Waals surface area contributed by atoms with Gasteiger partial charge < -0.3 is 15.1 Å². The van der Waals surface area contributed by atoms with Crippen molar-refractivity contribution in [2.24, 2.45) is 0 Å². The van der Waals surface area contributed by atoms with Crippen LogP contribution in [0.4, 0.5) is 10.1 Å². The maximum absolute atomic E-state index is 13.8. The van der Waals surface area contributed by atoms with Crippen molar-refractivity contribution < 1.29 is 14.0 Å². The van der Waals surface area contributed by atoms with Crippen molar-refractivity contribution in [2.45, 2.75) is 19.9 Å². The minimum atomic E-state index is -0.341. The summed E-state index contributed by atoms with van der Waals surface area (Å²) < 4.78 is 13.8. The molecule has 0 fully saturated rings. The zero-order valence-corrected chi connectivity index (χ0v) is 19.3. The molecule has 6 heteroatoms. The lowest BCUT2D eigenvalue weighted by molar-refractivity contribution is -0.120. The third-order valence-corrected chi connectivity index (χ3v) is 5.34. The maximum atomic E-state index is 13.8. The molecule has 33 heavy (non-hydrogen) atoms. The SMILES string of the molecule is Cc1ccccc1C(=O)N(Cc1cccc(F)c1)c1ccc(CC(=O)NCCN(C)C)cc1. The number of hydrogen-bond donors (Lipinski definition) is 1. The van der Waals surface area contributed by atoms with Crippen LogP contribution in [0.1, 0.15) is 27.0 Å². The number of carbonyl (C=O) groups excluding carboxylic acids is 2. The Balaban J connectivity index is 1.80. The Morgan fingerprint density at radius 2 is 1.64 bits per heavy atom. The third-order valence-electron chi connectivity index (χ3n) is 5.34. The molecule has 3 rings (SSSR count). The molecule has 0 aliphatic heterocycles. The van der Waals surface area contributed by atoms with Gasteiger partial charge in [-0.3, -0.25) is 9.59 Å². The molecule has 0 aromatic heterocycles. The number of hydrogen-bond acceptors (Lipinski definition) is 3. The number of aryl methyl sites for hydroxylation is 1. The topological polar surface area (TPSA) is 52.7 Å². The molecule has 1 N–H and O–H groups in total. The van der Waals surface area contributed by atoms with Crippen LogP contribution in [0.5, 0.6) is 0 Å². The second kappa shape index (κ2) is 11.4. The van der Waals surface area contributed by atoms with Gasteiger partial charge in [0.15, 0.2) is 0 Å². The van der Waals surface area contributed by atoms with Crippen LogP contribution in [-0.2, 0) is 17.8 Å². The molecule has 2 amide bonds. The van der Waals surface area contributed by atoms with Crippen molar-refractivity contribution in [3.8, 4) is 0 Å². The zero-order valence-electron chi connectivity index (χ0n) is 19.3. The van der Waals surface area contributed by atoms with E-state index in [0.29, 0.717) is 23.4 Å². The molecule has 0 saturated heterocycles. The highest BCUT2D eigenvalue weighted by Crippen LogP contribution is 2.23. The van der Waals surface area contributed by atoms with E-state index in [0.717, 1.165) is 17.7 Å². The zero-order chi connectivity index (χ0) is 23.8. The molecule has 3 aromatic carbocycles. The van der Waals surface area contributed by atoms with Crippen LogP contribution in [0.3, 0.4) is 0 Å². The summed E-state index contributed by atoms with van der Waals surface area (Å²) in [5.74, 6) is -0.546.